The number of carbonyl (C=O) groups is 1. The molecule has 2 saturated carbocycles. The zero-order chi connectivity index (χ0) is 21.1. The van der Waals surface area contributed by atoms with Gasteiger partial charge in [-0.1, -0.05) is 55.3 Å². The summed E-state index contributed by atoms with van der Waals surface area (Å²) < 4.78 is 0. The Kier molecular flexibility index (Phi) is 5.58. The van der Waals surface area contributed by atoms with Crippen LogP contribution in [0.5, 0.6) is 0 Å². The van der Waals surface area contributed by atoms with Crippen LogP contribution in [0.4, 0.5) is 5.82 Å². The Hall–Kier alpha value is -2.95. The molecule has 1 spiro atoms. The second-order valence-electron chi connectivity index (χ2n) is 9.07. The summed E-state index contributed by atoms with van der Waals surface area (Å²) >= 11 is 0. The number of aromatic nitrogens is 2. The summed E-state index contributed by atoms with van der Waals surface area (Å²) in [6, 6.07) is 18.6. The summed E-state index contributed by atoms with van der Waals surface area (Å²) in [6.45, 7) is 1.22. The summed E-state index contributed by atoms with van der Waals surface area (Å²) in [6.07, 6.45) is 8.10. The summed E-state index contributed by atoms with van der Waals surface area (Å²) in [5.74, 6) is 1.89. The molecule has 0 bridgehead atoms. The third-order valence-corrected chi connectivity index (χ3v) is 6.95. The van der Waals surface area contributed by atoms with Crippen LogP contribution in [0.2, 0.25) is 0 Å². The van der Waals surface area contributed by atoms with Crippen molar-refractivity contribution in [2.45, 2.75) is 51.5 Å². The molecule has 0 unspecified atom stereocenters. The molecule has 1 aromatic heterocycles. The lowest BCUT2D eigenvalue weighted by Gasteiger charge is -2.12. The molecule has 3 aromatic rings. The monoisotopic (exact) mass is 414 g/mol. The minimum absolute atomic E-state index is 0.177. The van der Waals surface area contributed by atoms with E-state index in [0.29, 0.717) is 17.8 Å². The van der Waals surface area contributed by atoms with Gasteiger partial charge < -0.3 is 10.6 Å². The maximum absolute atomic E-state index is 12.7. The number of rotatable bonds is 8. The molecular weight excluding hydrogens is 384 g/mol. The predicted octanol–water partition coefficient (Wildman–Crippen LogP) is 4.87. The number of anilines is 1. The van der Waals surface area contributed by atoms with Crippen LogP contribution in [0.3, 0.4) is 0 Å². The molecule has 0 aliphatic heterocycles. The molecule has 2 N–H and O–H groups in total. The van der Waals surface area contributed by atoms with Gasteiger partial charge in [-0.05, 0) is 55.2 Å². The van der Waals surface area contributed by atoms with Crippen molar-refractivity contribution >= 4 is 22.6 Å². The summed E-state index contributed by atoms with van der Waals surface area (Å²) in [5, 5.41) is 7.62. The standard InChI is InChI=1S/C26H30N4O/c31-25(21-17-26(21)14-6-7-15-26)28-18-23-29-22-13-5-4-12-20(22)24(30-23)27-16-8-11-19-9-2-1-3-10-19/h1-5,9-10,12-13,21H,6-8,11,14-18H2,(H,28,31)(H,27,29,30)/t21-/m0/s1. The van der Waals surface area contributed by atoms with Crippen molar-refractivity contribution in [1.29, 1.82) is 0 Å². The molecule has 2 aromatic carbocycles. The van der Waals surface area contributed by atoms with Crippen LogP contribution >= 0.6 is 0 Å². The number of para-hydroxylation sites is 1. The first-order chi connectivity index (χ1) is 15.2. The van der Waals surface area contributed by atoms with E-state index in [2.05, 4.69) is 39.9 Å². The first kappa shape index (κ1) is 20.0. The van der Waals surface area contributed by atoms with Crippen molar-refractivity contribution in [1.82, 2.24) is 15.3 Å². The van der Waals surface area contributed by atoms with E-state index in [0.717, 1.165) is 42.5 Å². The normalized spacial score (nSPS) is 18.9. The van der Waals surface area contributed by atoms with E-state index in [4.69, 9.17) is 4.98 Å². The van der Waals surface area contributed by atoms with Crippen molar-refractivity contribution in [3.63, 3.8) is 0 Å². The van der Waals surface area contributed by atoms with Crippen LogP contribution in [0.15, 0.2) is 54.6 Å². The van der Waals surface area contributed by atoms with E-state index in [-0.39, 0.29) is 11.8 Å². The van der Waals surface area contributed by atoms with Crippen LogP contribution in [-0.2, 0) is 17.8 Å². The molecule has 5 heteroatoms. The Morgan fingerprint density at radius 1 is 1.00 bits per heavy atom. The molecule has 1 heterocycles. The van der Waals surface area contributed by atoms with Gasteiger partial charge in [-0.3, -0.25) is 4.79 Å². The number of amides is 1. The second-order valence-corrected chi connectivity index (χ2v) is 9.07. The number of hydrogen-bond acceptors (Lipinski definition) is 4. The predicted molar refractivity (Wildman–Crippen MR) is 124 cm³/mol. The smallest absolute Gasteiger partial charge is 0.224 e. The lowest BCUT2D eigenvalue weighted by Crippen LogP contribution is -2.27. The number of benzene rings is 2. The van der Waals surface area contributed by atoms with Crippen molar-refractivity contribution in [2.24, 2.45) is 11.3 Å². The third kappa shape index (κ3) is 4.41. The van der Waals surface area contributed by atoms with Crippen molar-refractivity contribution in [3.8, 4) is 0 Å². The van der Waals surface area contributed by atoms with Gasteiger partial charge in [0.2, 0.25) is 5.91 Å². The first-order valence-electron chi connectivity index (χ1n) is 11.5. The van der Waals surface area contributed by atoms with Crippen LogP contribution in [-0.4, -0.2) is 22.4 Å². The highest BCUT2D eigenvalue weighted by Crippen LogP contribution is 2.62. The molecular formula is C26H30N4O. The van der Waals surface area contributed by atoms with Gasteiger partial charge in [0.05, 0.1) is 12.1 Å². The lowest BCUT2D eigenvalue weighted by atomic mass is 10.0. The van der Waals surface area contributed by atoms with E-state index >= 15 is 0 Å². The maximum Gasteiger partial charge on any atom is 0.224 e. The first-order valence-corrected chi connectivity index (χ1v) is 11.5. The quantitative estimate of drug-likeness (QED) is 0.516. The van der Waals surface area contributed by atoms with E-state index in [1.807, 2.05) is 30.3 Å². The molecule has 160 valence electrons. The molecule has 0 saturated heterocycles. The van der Waals surface area contributed by atoms with Crippen molar-refractivity contribution in [2.75, 3.05) is 11.9 Å². The SMILES string of the molecule is O=C(NCc1nc(NCCCc2ccccc2)c2ccccc2n1)[C@@H]1CC12CCCC2. The largest absolute Gasteiger partial charge is 0.369 e. The summed E-state index contributed by atoms with van der Waals surface area (Å²) in [4.78, 5) is 22.1. The maximum atomic E-state index is 12.7. The minimum Gasteiger partial charge on any atom is -0.369 e. The molecule has 2 fully saturated rings. The third-order valence-electron chi connectivity index (χ3n) is 6.95. The molecule has 5 rings (SSSR count). The van der Waals surface area contributed by atoms with Gasteiger partial charge >= 0.3 is 0 Å². The summed E-state index contributed by atoms with van der Waals surface area (Å²) in [7, 11) is 0. The number of carbonyl (C=O) groups excluding carboxylic acids is 1. The molecule has 2 aliphatic carbocycles. The Bertz CT molecular complexity index is 1060. The van der Waals surface area contributed by atoms with Crippen LogP contribution in [0.25, 0.3) is 10.9 Å². The molecule has 31 heavy (non-hydrogen) atoms. The van der Waals surface area contributed by atoms with Crippen molar-refractivity contribution < 1.29 is 4.79 Å². The van der Waals surface area contributed by atoms with Gasteiger partial charge in [-0.15, -0.1) is 0 Å². The van der Waals surface area contributed by atoms with E-state index < -0.39 is 0 Å². The Labute approximate surface area is 183 Å². The molecule has 0 radical (unpaired) electrons. The van der Waals surface area contributed by atoms with Crippen molar-refractivity contribution in [3.05, 3.63) is 66.0 Å². The number of hydrogen-bond donors (Lipinski definition) is 2. The van der Waals surface area contributed by atoms with Gasteiger partial charge in [-0.25, -0.2) is 9.97 Å². The minimum atomic E-state index is 0.177. The molecule has 1 atom stereocenters. The van der Waals surface area contributed by atoms with Gasteiger partial charge in [-0.2, -0.15) is 0 Å². The highest BCUT2D eigenvalue weighted by molar-refractivity contribution is 5.89. The molecule has 2 aliphatic rings. The van der Waals surface area contributed by atoms with E-state index in [1.54, 1.807) is 0 Å². The number of nitrogens with one attached hydrogen (secondary N) is 2. The van der Waals surface area contributed by atoms with Gasteiger partial charge in [0.25, 0.3) is 0 Å². The van der Waals surface area contributed by atoms with Gasteiger partial charge in [0.15, 0.2) is 5.82 Å². The zero-order valence-corrected chi connectivity index (χ0v) is 17.9. The van der Waals surface area contributed by atoms with Gasteiger partial charge in [0.1, 0.15) is 5.82 Å². The highest BCUT2D eigenvalue weighted by Gasteiger charge is 2.58. The fourth-order valence-electron chi connectivity index (χ4n) is 5.12. The number of aryl methyl sites for hydroxylation is 1. The summed E-state index contributed by atoms with van der Waals surface area (Å²) in [5.41, 5.74) is 2.58. The molecule has 5 nitrogen and oxygen atoms in total. The highest BCUT2D eigenvalue weighted by atomic mass is 16.2. The number of fused-ring (bicyclic) bond motifs is 1. The zero-order valence-electron chi connectivity index (χ0n) is 17.9. The van der Waals surface area contributed by atoms with Crippen LogP contribution < -0.4 is 10.6 Å². The van der Waals surface area contributed by atoms with Crippen LogP contribution in [0, 0.1) is 11.3 Å². The second kappa shape index (κ2) is 8.66. The average molecular weight is 415 g/mol. The Morgan fingerprint density at radius 2 is 1.77 bits per heavy atom. The van der Waals surface area contributed by atoms with Crippen LogP contribution in [0.1, 0.15) is 49.9 Å². The fourth-order valence-corrected chi connectivity index (χ4v) is 5.12. The van der Waals surface area contributed by atoms with Gasteiger partial charge in [0, 0.05) is 17.8 Å². The fraction of sp³-hybridized carbons (Fsp3) is 0.423. The van der Waals surface area contributed by atoms with E-state index in [9.17, 15) is 4.79 Å². The number of nitrogens with zero attached hydrogens (tertiary/aromatic N) is 2. The lowest BCUT2D eigenvalue weighted by molar-refractivity contribution is -0.123. The Balaban J connectivity index is 1.22. The van der Waals surface area contributed by atoms with E-state index in [1.165, 1.54) is 31.2 Å². The Morgan fingerprint density at radius 3 is 2.61 bits per heavy atom. The molecule has 1 amide bonds. The topological polar surface area (TPSA) is 66.9 Å². The average Bonchev–Trinajstić information content (AvgIpc) is 3.31.